The molecule has 0 unspecified atom stereocenters. The first-order valence-corrected chi connectivity index (χ1v) is 6.39. The second kappa shape index (κ2) is 6.31. The SMILES string of the molecule is COc1cc(NC2=NCCCC2)cc(OC)c1OC. The molecular weight excluding hydrogens is 244 g/mol. The van der Waals surface area contributed by atoms with E-state index in [0.717, 1.165) is 24.5 Å². The van der Waals surface area contributed by atoms with Gasteiger partial charge in [-0.3, -0.25) is 4.99 Å². The largest absolute Gasteiger partial charge is 0.493 e. The number of amidine groups is 1. The Hall–Kier alpha value is -1.91. The van der Waals surface area contributed by atoms with Crippen LogP contribution in [0.5, 0.6) is 17.2 Å². The molecule has 1 aromatic carbocycles. The number of ether oxygens (including phenoxy) is 3. The van der Waals surface area contributed by atoms with Crippen LogP contribution in [0.25, 0.3) is 0 Å². The molecule has 0 fully saturated rings. The Morgan fingerprint density at radius 2 is 1.68 bits per heavy atom. The third-order valence-electron chi connectivity index (χ3n) is 3.08. The lowest BCUT2D eigenvalue weighted by atomic mass is 10.1. The van der Waals surface area contributed by atoms with E-state index in [1.807, 2.05) is 12.1 Å². The highest BCUT2D eigenvalue weighted by Crippen LogP contribution is 2.40. The summed E-state index contributed by atoms with van der Waals surface area (Å²) < 4.78 is 15.9. The normalized spacial score (nSPS) is 14.6. The molecule has 1 N–H and O–H groups in total. The van der Waals surface area contributed by atoms with E-state index in [0.29, 0.717) is 17.2 Å². The van der Waals surface area contributed by atoms with Gasteiger partial charge in [-0.05, 0) is 12.8 Å². The summed E-state index contributed by atoms with van der Waals surface area (Å²) in [5.41, 5.74) is 0.898. The molecule has 0 aliphatic carbocycles. The first-order chi connectivity index (χ1) is 9.28. The third-order valence-corrected chi connectivity index (χ3v) is 3.08. The van der Waals surface area contributed by atoms with Crippen molar-refractivity contribution in [2.24, 2.45) is 4.99 Å². The summed E-state index contributed by atoms with van der Waals surface area (Å²) in [5, 5.41) is 3.32. The summed E-state index contributed by atoms with van der Waals surface area (Å²) in [6.07, 6.45) is 3.33. The molecule has 104 valence electrons. The molecular formula is C14H20N2O3. The maximum atomic E-state index is 5.32. The topological polar surface area (TPSA) is 52.1 Å². The molecule has 0 amide bonds. The van der Waals surface area contributed by atoms with Crippen molar-refractivity contribution >= 4 is 11.5 Å². The fraction of sp³-hybridized carbons (Fsp3) is 0.500. The maximum absolute atomic E-state index is 5.32. The van der Waals surface area contributed by atoms with Crippen molar-refractivity contribution in [3.63, 3.8) is 0 Å². The van der Waals surface area contributed by atoms with Crippen LogP contribution in [-0.4, -0.2) is 33.7 Å². The van der Waals surface area contributed by atoms with E-state index in [2.05, 4.69) is 10.3 Å². The Morgan fingerprint density at radius 3 is 2.16 bits per heavy atom. The van der Waals surface area contributed by atoms with Gasteiger partial charge in [0.1, 0.15) is 5.84 Å². The molecule has 5 nitrogen and oxygen atoms in total. The van der Waals surface area contributed by atoms with Crippen LogP contribution in [0.3, 0.4) is 0 Å². The van der Waals surface area contributed by atoms with Crippen molar-refractivity contribution in [1.29, 1.82) is 0 Å². The van der Waals surface area contributed by atoms with Crippen molar-refractivity contribution in [3.8, 4) is 17.2 Å². The lowest BCUT2D eigenvalue weighted by Gasteiger charge is -2.17. The average molecular weight is 264 g/mol. The lowest BCUT2D eigenvalue weighted by molar-refractivity contribution is 0.324. The highest BCUT2D eigenvalue weighted by atomic mass is 16.5. The second-order valence-electron chi connectivity index (χ2n) is 4.32. The van der Waals surface area contributed by atoms with Gasteiger partial charge in [0.05, 0.1) is 21.3 Å². The molecule has 1 aliphatic heterocycles. The van der Waals surface area contributed by atoms with Gasteiger partial charge in [0.2, 0.25) is 5.75 Å². The van der Waals surface area contributed by atoms with Crippen molar-refractivity contribution in [2.75, 3.05) is 33.2 Å². The maximum Gasteiger partial charge on any atom is 0.203 e. The van der Waals surface area contributed by atoms with Gasteiger partial charge in [-0.1, -0.05) is 0 Å². The summed E-state index contributed by atoms with van der Waals surface area (Å²) in [6.45, 7) is 0.896. The third kappa shape index (κ3) is 3.10. The number of nitrogens with one attached hydrogen (secondary N) is 1. The van der Waals surface area contributed by atoms with Crippen LogP contribution < -0.4 is 19.5 Å². The first-order valence-electron chi connectivity index (χ1n) is 6.39. The molecule has 0 spiro atoms. The highest BCUT2D eigenvalue weighted by molar-refractivity contribution is 5.96. The van der Waals surface area contributed by atoms with Gasteiger partial charge in [-0.2, -0.15) is 0 Å². The Kier molecular flexibility index (Phi) is 4.49. The van der Waals surface area contributed by atoms with Crippen LogP contribution in [0, 0.1) is 0 Å². The van der Waals surface area contributed by atoms with Crippen LogP contribution in [0.2, 0.25) is 0 Å². The van der Waals surface area contributed by atoms with E-state index in [1.54, 1.807) is 21.3 Å². The number of benzene rings is 1. The van der Waals surface area contributed by atoms with E-state index >= 15 is 0 Å². The number of nitrogens with zero attached hydrogens (tertiary/aromatic N) is 1. The zero-order valence-electron chi connectivity index (χ0n) is 11.7. The summed E-state index contributed by atoms with van der Waals surface area (Å²) in [7, 11) is 4.82. The van der Waals surface area contributed by atoms with Crippen molar-refractivity contribution < 1.29 is 14.2 Å². The number of hydrogen-bond donors (Lipinski definition) is 1. The second-order valence-corrected chi connectivity index (χ2v) is 4.32. The van der Waals surface area contributed by atoms with E-state index in [9.17, 15) is 0 Å². The molecule has 0 aromatic heterocycles. The van der Waals surface area contributed by atoms with Gasteiger partial charge in [-0.15, -0.1) is 0 Å². The molecule has 2 rings (SSSR count). The monoisotopic (exact) mass is 264 g/mol. The lowest BCUT2D eigenvalue weighted by Crippen LogP contribution is -2.16. The van der Waals surface area contributed by atoms with Crippen molar-refractivity contribution in [3.05, 3.63) is 12.1 Å². The van der Waals surface area contributed by atoms with Gasteiger partial charge >= 0.3 is 0 Å². The molecule has 19 heavy (non-hydrogen) atoms. The van der Waals surface area contributed by atoms with Crippen molar-refractivity contribution in [1.82, 2.24) is 0 Å². The highest BCUT2D eigenvalue weighted by Gasteiger charge is 2.14. The molecule has 0 atom stereocenters. The van der Waals surface area contributed by atoms with Crippen LogP contribution >= 0.6 is 0 Å². The molecule has 0 radical (unpaired) electrons. The zero-order valence-corrected chi connectivity index (χ0v) is 11.7. The zero-order chi connectivity index (χ0) is 13.7. The summed E-state index contributed by atoms with van der Waals surface area (Å²) >= 11 is 0. The van der Waals surface area contributed by atoms with Crippen LogP contribution in [-0.2, 0) is 0 Å². The Bertz CT molecular complexity index is 447. The summed E-state index contributed by atoms with van der Waals surface area (Å²) in [5.74, 6) is 2.89. The molecule has 5 heteroatoms. The van der Waals surface area contributed by atoms with Crippen LogP contribution in [0.15, 0.2) is 17.1 Å². The van der Waals surface area contributed by atoms with E-state index in [-0.39, 0.29) is 0 Å². The first kappa shape index (κ1) is 13.5. The fourth-order valence-electron chi connectivity index (χ4n) is 2.12. The molecule has 1 heterocycles. The summed E-state index contributed by atoms with van der Waals surface area (Å²) in [6, 6.07) is 3.77. The van der Waals surface area contributed by atoms with Crippen LogP contribution in [0.1, 0.15) is 19.3 Å². The molecule has 0 bridgehead atoms. The minimum absolute atomic E-state index is 0.598. The Balaban J connectivity index is 2.27. The quantitative estimate of drug-likeness (QED) is 0.908. The fourth-order valence-corrected chi connectivity index (χ4v) is 2.12. The Labute approximate surface area is 113 Å². The van der Waals surface area contributed by atoms with E-state index < -0.39 is 0 Å². The Morgan fingerprint density at radius 1 is 1.00 bits per heavy atom. The minimum atomic E-state index is 0.598. The molecule has 0 saturated heterocycles. The smallest absolute Gasteiger partial charge is 0.203 e. The predicted octanol–water partition coefficient (Wildman–Crippen LogP) is 2.71. The number of methoxy groups -OCH3 is 3. The molecule has 1 aliphatic rings. The minimum Gasteiger partial charge on any atom is -0.493 e. The molecule has 1 aromatic rings. The standard InChI is InChI=1S/C14H20N2O3/c1-17-11-8-10(9-12(18-2)14(11)19-3)16-13-6-4-5-7-15-13/h8-9H,4-7H2,1-3H3,(H,15,16). The van der Waals surface area contributed by atoms with Crippen molar-refractivity contribution in [2.45, 2.75) is 19.3 Å². The van der Waals surface area contributed by atoms with Gasteiger partial charge < -0.3 is 19.5 Å². The van der Waals surface area contributed by atoms with Gasteiger partial charge in [-0.25, -0.2) is 0 Å². The number of anilines is 1. The van der Waals surface area contributed by atoms with Crippen LogP contribution in [0.4, 0.5) is 5.69 Å². The predicted molar refractivity (Wildman–Crippen MR) is 75.9 cm³/mol. The van der Waals surface area contributed by atoms with Gasteiger partial charge in [0.15, 0.2) is 11.5 Å². The van der Waals surface area contributed by atoms with Gasteiger partial charge in [0.25, 0.3) is 0 Å². The molecule has 0 saturated carbocycles. The van der Waals surface area contributed by atoms with E-state index in [1.165, 1.54) is 12.8 Å². The average Bonchev–Trinajstić information content (AvgIpc) is 2.47. The number of hydrogen-bond acceptors (Lipinski definition) is 5. The van der Waals surface area contributed by atoms with Gasteiger partial charge in [0, 0.05) is 30.8 Å². The number of rotatable bonds is 4. The van der Waals surface area contributed by atoms with E-state index in [4.69, 9.17) is 14.2 Å². The number of aliphatic imine (C=N–C) groups is 1. The summed E-state index contributed by atoms with van der Waals surface area (Å²) in [4.78, 5) is 4.47.